The highest BCUT2D eigenvalue weighted by Gasteiger charge is 2.39. The molecule has 0 spiro atoms. The molecule has 0 aliphatic carbocycles. The van der Waals surface area contributed by atoms with Crippen LogP contribution in [0.1, 0.15) is 40.0 Å². The van der Waals surface area contributed by atoms with E-state index in [4.69, 9.17) is 0 Å². The third-order valence-electron chi connectivity index (χ3n) is 3.78. The lowest BCUT2D eigenvalue weighted by molar-refractivity contribution is -0.150. The van der Waals surface area contributed by atoms with Crippen LogP contribution in [0.3, 0.4) is 0 Å². The van der Waals surface area contributed by atoms with Gasteiger partial charge in [-0.25, -0.2) is 4.79 Å². The highest BCUT2D eigenvalue weighted by atomic mass is 16.4. The van der Waals surface area contributed by atoms with Crippen molar-refractivity contribution in [1.82, 2.24) is 15.5 Å². The van der Waals surface area contributed by atoms with Crippen molar-refractivity contribution >= 4 is 17.9 Å². The Hall–Kier alpha value is -1.79. The van der Waals surface area contributed by atoms with Crippen molar-refractivity contribution in [3.8, 4) is 0 Å². The van der Waals surface area contributed by atoms with Crippen molar-refractivity contribution < 1.29 is 19.5 Å². The van der Waals surface area contributed by atoms with Gasteiger partial charge in [0.2, 0.25) is 5.91 Å². The van der Waals surface area contributed by atoms with Crippen molar-refractivity contribution in [2.24, 2.45) is 5.41 Å². The highest BCUT2D eigenvalue weighted by Crippen LogP contribution is 2.29. The van der Waals surface area contributed by atoms with E-state index >= 15 is 0 Å². The van der Waals surface area contributed by atoms with E-state index in [1.165, 1.54) is 4.90 Å². The summed E-state index contributed by atoms with van der Waals surface area (Å²) in [5, 5.41) is 14.6. The summed E-state index contributed by atoms with van der Waals surface area (Å²) >= 11 is 0. The zero-order valence-electron chi connectivity index (χ0n) is 12.9. The molecule has 21 heavy (non-hydrogen) atoms. The molecule has 1 fully saturated rings. The van der Waals surface area contributed by atoms with Crippen LogP contribution in [0.2, 0.25) is 0 Å². The summed E-state index contributed by atoms with van der Waals surface area (Å²) in [6.45, 7) is 6.45. The lowest BCUT2D eigenvalue weighted by Gasteiger charge is -2.37. The molecule has 1 saturated heterocycles. The number of carboxylic acids is 1. The zero-order chi connectivity index (χ0) is 16.0. The molecule has 3 amide bonds. The van der Waals surface area contributed by atoms with Crippen LogP contribution in [-0.2, 0) is 9.59 Å². The number of carbonyl (C=O) groups excluding carboxylic acids is 2. The highest BCUT2D eigenvalue weighted by molar-refractivity contribution is 5.87. The number of carboxylic acid groups (broad SMARTS) is 1. The van der Waals surface area contributed by atoms with Gasteiger partial charge in [-0.05, 0) is 33.1 Å². The van der Waals surface area contributed by atoms with Gasteiger partial charge in [0.15, 0.2) is 0 Å². The molecule has 0 aromatic rings. The molecule has 0 bridgehead atoms. The van der Waals surface area contributed by atoms with Gasteiger partial charge in [0.25, 0.3) is 0 Å². The lowest BCUT2D eigenvalue weighted by Crippen LogP contribution is -2.55. The number of aliphatic carboxylic acids is 1. The first-order valence-corrected chi connectivity index (χ1v) is 7.36. The zero-order valence-corrected chi connectivity index (χ0v) is 12.9. The number of urea groups is 1. The fourth-order valence-corrected chi connectivity index (χ4v) is 2.33. The van der Waals surface area contributed by atoms with E-state index in [9.17, 15) is 19.5 Å². The summed E-state index contributed by atoms with van der Waals surface area (Å²) in [6, 6.07) is -1.02. The first-order valence-electron chi connectivity index (χ1n) is 7.36. The van der Waals surface area contributed by atoms with Gasteiger partial charge in [-0.3, -0.25) is 9.59 Å². The molecule has 120 valence electrons. The Morgan fingerprint density at radius 3 is 2.62 bits per heavy atom. The quantitative estimate of drug-likeness (QED) is 0.699. The van der Waals surface area contributed by atoms with Crippen LogP contribution in [0, 0.1) is 5.41 Å². The maximum absolute atomic E-state index is 12.1. The monoisotopic (exact) mass is 299 g/mol. The number of piperidine rings is 1. The summed E-state index contributed by atoms with van der Waals surface area (Å²) in [5.41, 5.74) is -0.913. The average Bonchev–Trinajstić information content (AvgIpc) is 2.44. The van der Waals surface area contributed by atoms with E-state index in [2.05, 4.69) is 10.6 Å². The second-order valence-corrected chi connectivity index (χ2v) is 5.85. The van der Waals surface area contributed by atoms with Gasteiger partial charge in [0, 0.05) is 19.6 Å². The van der Waals surface area contributed by atoms with Gasteiger partial charge in [0.1, 0.15) is 6.04 Å². The molecule has 1 aliphatic rings. The van der Waals surface area contributed by atoms with E-state index in [-0.39, 0.29) is 18.5 Å². The largest absolute Gasteiger partial charge is 0.481 e. The molecule has 0 saturated carbocycles. The number of nitrogens with zero attached hydrogens (tertiary/aromatic N) is 1. The summed E-state index contributed by atoms with van der Waals surface area (Å²) in [6.07, 6.45) is 2.03. The van der Waals surface area contributed by atoms with Crippen LogP contribution in [0.25, 0.3) is 0 Å². The third-order valence-corrected chi connectivity index (χ3v) is 3.78. The van der Waals surface area contributed by atoms with Crippen LogP contribution in [0.4, 0.5) is 4.79 Å². The molecule has 0 aromatic heterocycles. The van der Waals surface area contributed by atoms with Gasteiger partial charge >= 0.3 is 12.0 Å². The Morgan fingerprint density at radius 2 is 2.05 bits per heavy atom. The lowest BCUT2D eigenvalue weighted by atomic mass is 9.82. The van der Waals surface area contributed by atoms with E-state index in [0.29, 0.717) is 25.9 Å². The predicted molar refractivity (Wildman–Crippen MR) is 77.8 cm³/mol. The van der Waals surface area contributed by atoms with Crippen molar-refractivity contribution in [2.45, 2.75) is 46.1 Å². The number of hydrogen-bond donors (Lipinski definition) is 3. The van der Waals surface area contributed by atoms with Crippen molar-refractivity contribution in [3.05, 3.63) is 0 Å². The minimum atomic E-state index is -0.913. The standard InChI is InChI=1S/C14H25N3O4/c1-4-7-15-11(18)10(2)16-13(21)17-8-5-6-14(3,9-17)12(19)20/h10H,4-9H2,1-3H3,(H,15,18)(H,16,21)(H,19,20). The summed E-state index contributed by atoms with van der Waals surface area (Å²) in [4.78, 5) is 36.6. The molecule has 2 atom stereocenters. The van der Waals surface area contributed by atoms with Crippen LogP contribution < -0.4 is 10.6 Å². The van der Waals surface area contributed by atoms with Gasteiger partial charge in [-0.15, -0.1) is 0 Å². The number of carbonyl (C=O) groups is 3. The normalized spacial score (nSPS) is 23.3. The summed E-state index contributed by atoms with van der Waals surface area (Å²) < 4.78 is 0. The first kappa shape index (κ1) is 17.3. The Balaban J connectivity index is 2.55. The maximum Gasteiger partial charge on any atom is 0.318 e. The smallest absolute Gasteiger partial charge is 0.318 e. The number of rotatable bonds is 5. The topological polar surface area (TPSA) is 98.7 Å². The molecule has 3 N–H and O–H groups in total. The number of amides is 3. The Bertz CT molecular complexity index is 413. The number of nitrogens with one attached hydrogen (secondary N) is 2. The molecule has 7 heteroatoms. The molecular weight excluding hydrogens is 274 g/mol. The Kier molecular flexibility index (Phi) is 5.99. The fraction of sp³-hybridized carbons (Fsp3) is 0.786. The van der Waals surface area contributed by atoms with E-state index < -0.39 is 17.4 Å². The molecule has 1 rings (SSSR count). The third kappa shape index (κ3) is 4.61. The predicted octanol–water partition coefficient (Wildman–Crippen LogP) is 0.797. The van der Waals surface area contributed by atoms with Crippen LogP contribution in [-0.4, -0.2) is 53.6 Å². The summed E-state index contributed by atoms with van der Waals surface area (Å²) in [5.74, 6) is -1.13. The van der Waals surface area contributed by atoms with E-state index in [1.54, 1.807) is 13.8 Å². The average molecular weight is 299 g/mol. The van der Waals surface area contributed by atoms with Gasteiger partial charge in [-0.1, -0.05) is 6.92 Å². The second kappa shape index (κ2) is 7.28. The van der Waals surface area contributed by atoms with Gasteiger partial charge in [0.05, 0.1) is 5.41 Å². The van der Waals surface area contributed by atoms with Crippen LogP contribution >= 0.6 is 0 Å². The molecule has 0 aromatic carbocycles. The van der Waals surface area contributed by atoms with Crippen molar-refractivity contribution in [2.75, 3.05) is 19.6 Å². The second-order valence-electron chi connectivity index (χ2n) is 5.85. The summed E-state index contributed by atoms with van der Waals surface area (Å²) in [7, 11) is 0. The first-order chi connectivity index (χ1) is 9.80. The molecule has 1 aliphatic heterocycles. The SMILES string of the molecule is CCCNC(=O)C(C)NC(=O)N1CCCC(C)(C(=O)O)C1. The molecule has 0 radical (unpaired) electrons. The molecule has 7 nitrogen and oxygen atoms in total. The van der Waals surface area contributed by atoms with Gasteiger partial charge < -0.3 is 20.6 Å². The van der Waals surface area contributed by atoms with Crippen LogP contribution in [0.5, 0.6) is 0 Å². The van der Waals surface area contributed by atoms with Crippen molar-refractivity contribution in [3.63, 3.8) is 0 Å². The number of hydrogen-bond acceptors (Lipinski definition) is 3. The molecular formula is C14H25N3O4. The van der Waals surface area contributed by atoms with Crippen LogP contribution in [0.15, 0.2) is 0 Å². The van der Waals surface area contributed by atoms with Crippen molar-refractivity contribution in [1.29, 1.82) is 0 Å². The van der Waals surface area contributed by atoms with Gasteiger partial charge in [-0.2, -0.15) is 0 Å². The fourth-order valence-electron chi connectivity index (χ4n) is 2.33. The molecule has 2 unspecified atom stereocenters. The minimum absolute atomic E-state index is 0.164. The molecule has 1 heterocycles. The van der Waals surface area contributed by atoms with E-state index in [0.717, 1.165) is 6.42 Å². The number of likely N-dealkylation sites (tertiary alicyclic amines) is 1. The Morgan fingerprint density at radius 1 is 1.38 bits per heavy atom. The maximum atomic E-state index is 12.1. The van der Waals surface area contributed by atoms with E-state index in [1.807, 2.05) is 6.92 Å². The Labute approximate surface area is 125 Å². The minimum Gasteiger partial charge on any atom is -0.481 e.